The average molecular weight is 631 g/mol. The van der Waals surface area contributed by atoms with Gasteiger partial charge in [0.1, 0.15) is 5.72 Å². The predicted molar refractivity (Wildman–Crippen MR) is 173 cm³/mol. The number of carboxylic acids is 2. The molecule has 10 heteroatoms. The molecule has 1 aliphatic heterocycles. The summed E-state index contributed by atoms with van der Waals surface area (Å²) in [5.74, 6) is -7.72. The largest absolute Gasteiger partial charge is 0.479 e. The van der Waals surface area contributed by atoms with Gasteiger partial charge in [-0.3, -0.25) is 15.3 Å². The maximum absolute atomic E-state index is 14.6. The zero-order valence-electron chi connectivity index (χ0n) is 26.7. The molecule has 3 aromatic carbocycles. The van der Waals surface area contributed by atoms with Gasteiger partial charge in [-0.25, -0.2) is 9.59 Å². The van der Waals surface area contributed by atoms with Crippen LogP contribution in [0.3, 0.4) is 0 Å². The number of rotatable bonds is 13. The van der Waals surface area contributed by atoms with Gasteiger partial charge in [0.25, 0.3) is 11.2 Å². The first kappa shape index (κ1) is 34.5. The van der Waals surface area contributed by atoms with Crippen LogP contribution in [0.5, 0.6) is 0 Å². The number of hydrogen-bond donors (Lipinski definition) is 4. The number of ether oxygens (including phenoxy) is 1. The van der Waals surface area contributed by atoms with Crippen molar-refractivity contribution >= 4 is 29.2 Å². The van der Waals surface area contributed by atoms with E-state index in [-0.39, 0.29) is 23.5 Å². The van der Waals surface area contributed by atoms with E-state index in [1.165, 1.54) is 48.5 Å². The highest BCUT2D eigenvalue weighted by Crippen LogP contribution is 2.44. The summed E-state index contributed by atoms with van der Waals surface area (Å²) in [5, 5.41) is 33.8. The first-order valence-corrected chi connectivity index (χ1v) is 15.4. The Morgan fingerprint density at radius 3 is 1.76 bits per heavy atom. The fraction of sp³-hybridized carbons (Fsp3) is 0.389. The van der Waals surface area contributed by atoms with Crippen LogP contribution >= 0.6 is 0 Å². The zero-order chi connectivity index (χ0) is 33.9. The number of piperidine rings is 1. The Morgan fingerprint density at radius 1 is 0.783 bits per heavy atom. The number of Topliss-reactive ketones (excluding diaryl/α,β-unsaturated/α-hetero) is 2. The zero-order valence-corrected chi connectivity index (χ0v) is 26.7. The normalized spacial score (nSPS) is 17.4. The van der Waals surface area contributed by atoms with Crippen LogP contribution in [-0.2, 0) is 20.1 Å². The Balaban J connectivity index is 2.06. The molecule has 0 aliphatic carbocycles. The molecule has 0 saturated carbocycles. The Labute approximate surface area is 268 Å². The lowest BCUT2D eigenvalue weighted by Crippen LogP contribution is -2.75. The van der Waals surface area contributed by atoms with Crippen molar-refractivity contribution in [1.82, 2.24) is 0 Å². The van der Waals surface area contributed by atoms with Gasteiger partial charge >= 0.3 is 11.9 Å². The van der Waals surface area contributed by atoms with Crippen LogP contribution in [0.25, 0.3) is 0 Å². The van der Waals surface area contributed by atoms with Crippen LogP contribution in [0, 0.1) is 19.8 Å². The highest BCUT2D eigenvalue weighted by Gasteiger charge is 2.73. The van der Waals surface area contributed by atoms with Gasteiger partial charge in [0, 0.05) is 35.5 Å². The molecule has 3 atom stereocenters. The van der Waals surface area contributed by atoms with E-state index in [2.05, 4.69) is 4.90 Å². The van der Waals surface area contributed by atoms with Crippen molar-refractivity contribution in [2.75, 3.05) is 18.0 Å². The second-order valence-corrected chi connectivity index (χ2v) is 12.5. The fourth-order valence-electron chi connectivity index (χ4n) is 6.14. The van der Waals surface area contributed by atoms with E-state index in [0.717, 1.165) is 30.4 Å². The van der Waals surface area contributed by atoms with Crippen LogP contribution in [-0.4, -0.2) is 63.1 Å². The van der Waals surface area contributed by atoms with Gasteiger partial charge in [-0.1, -0.05) is 91.7 Å². The summed E-state index contributed by atoms with van der Waals surface area (Å²) >= 11 is 0. The second kappa shape index (κ2) is 13.5. The monoisotopic (exact) mass is 630 g/mol. The van der Waals surface area contributed by atoms with Crippen molar-refractivity contribution in [3.8, 4) is 0 Å². The molecule has 0 aromatic heterocycles. The molecule has 1 heterocycles. The number of nitrogens with two attached hydrogens (primary N) is 1. The van der Waals surface area contributed by atoms with Crippen molar-refractivity contribution in [3.05, 3.63) is 101 Å². The number of aliphatic hydroxyl groups is 1. The second-order valence-electron chi connectivity index (χ2n) is 12.5. The number of hydrogen-bond acceptors (Lipinski definition) is 8. The summed E-state index contributed by atoms with van der Waals surface area (Å²) in [7, 11) is 0. The van der Waals surface area contributed by atoms with Crippen molar-refractivity contribution in [3.63, 3.8) is 0 Å². The topological polar surface area (TPSA) is 167 Å². The SMILES string of the molecule is Cc1ccc(C(=O)C(O)(C(=O)O)C(O[C@](N)(CC(C)C)c2ccccc2N2CCCCC2)(C(=O)O)C(=O)c2ccc(C)cc2)cc1. The number of benzene rings is 3. The number of para-hydroxylation sites is 1. The molecule has 2 unspecified atom stereocenters. The number of nitrogens with zero attached hydrogens (tertiary/aromatic N) is 1. The highest BCUT2D eigenvalue weighted by atomic mass is 16.6. The number of carboxylic acid groups (broad SMARTS) is 2. The molecule has 4 rings (SSSR count). The van der Waals surface area contributed by atoms with Gasteiger partial charge in [-0.05, 0) is 51.5 Å². The molecule has 0 spiro atoms. The minimum absolute atomic E-state index is 0.0948. The van der Waals surface area contributed by atoms with Crippen molar-refractivity contribution in [2.24, 2.45) is 11.7 Å². The number of ketones is 2. The molecule has 1 aliphatic rings. The van der Waals surface area contributed by atoms with E-state index in [1.807, 2.05) is 0 Å². The Morgan fingerprint density at radius 2 is 1.28 bits per heavy atom. The summed E-state index contributed by atoms with van der Waals surface area (Å²) in [6, 6.07) is 18.1. The molecule has 46 heavy (non-hydrogen) atoms. The molecule has 3 aromatic rings. The molecule has 0 amide bonds. The van der Waals surface area contributed by atoms with Gasteiger partial charge in [0.05, 0.1) is 0 Å². The first-order chi connectivity index (χ1) is 21.7. The van der Waals surface area contributed by atoms with Gasteiger partial charge in [-0.15, -0.1) is 0 Å². The Bertz CT molecular complexity index is 1600. The summed E-state index contributed by atoms with van der Waals surface area (Å²) in [4.78, 5) is 57.6. The van der Waals surface area contributed by atoms with Gasteiger partial charge in [0.15, 0.2) is 0 Å². The minimum Gasteiger partial charge on any atom is -0.479 e. The Kier molecular flexibility index (Phi) is 10.2. The van der Waals surface area contributed by atoms with Gasteiger partial charge in [-0.2, -0.15) is 0 Å². The average Bonchev–Trinajstić information content (AvgIpc) is 3.03. The van der Waals surface area contributed by atoms with Gasteiger partial charge < -0.3 is 25.0 Å². The summed E-state index contributed by atoms with van der Waals surface area (Å²) in [6.07, 6.45) is 2.76. The first-order valence-electron chi connectivity index (χ1n) is 15.4. The quantitative estimate of drug-likeness (QED) is 0.116. The Hall–Kier alpha value is -4.38. The summed E-state index contributed by atoms with van der Waals surface area (Å²) in [5.41, 5.74) is -1.06. The third kappa shape index (κ3) is 6.33. The van der Waals surface area contributed by atoms with E-state index in [9.17, 15) is 34.5 Å². The third-order valence-corrected chi connectivity index (χ3v) is 8.50. The predicted octanol–water partition coefficient (Wildman–Crippen LogP) is 4.87. The number of anilines is 1. The summed E-state index contributed by atoms with van der Waals surface area (Å²) < 4.78 is 6.31. The van der Waals surface area contributed by atoms with Crippen LogP contribution in [0.1, 0.15) is 76.9 Å². The minimum atomic E-state index is -3.96. The number of carbonyl (C=O) groups excluding carboxylic acids is 2. The molecule has 244 valence electrons. The summed E-state index contributed by atoms with van der Waals surface area (Å²) in [6.45, 7) is 8.46. The molecule has 0 radical (unpaired) electrons. The van der Waals surface area contributed by atoms with Crippen molar-refractivity contribution < 1.29 is 39.2 Å². The van der Waals surface area contributed by atoms with Crippen LogP contribution < -0.4 is 10.6 Å². The maximum atomic E-state index is 14.6. The standard InChI is InChI=1S/C36H42N2O8/c1-23(2)22-34(37,28-10-6-7-11-29(28)38-20-8-5-9-21-38)46-36(33(43)44,31(40)27-18-14-25(4)15-19-27)35(45,32(41)42)30(39)26-16-12-24(3)13-17-26/h6-7,10-19,23,45H,5,8-9,20-22,37H2,1-4H3,(H,41,42)(H,43,44)/t34-,35?,36?/m1/s1. The molecule has 0 bridgehead atoms. The molecule has 1 fully saturated rings. The third-order valence-electron chi connectivity index (χ3n) is 8.50. The van der Waals surface area contributed by atoms with Crippen LogP contribution in [0.2, 0.25) is 0 Å². The van der Waals surface area contributed by atoms with E-state index < -0.39 is 40.4 Å². The molecule has 5 N–H and O–H groups in total. The van der Waals surface area contributed by atoms with Crippen molar-refractivity contribution in [1.29, 1.82) is 0 Å². The highest BCUT2D eigenvalue weighted by molar-refractivity contribution is 6.28. The molecule has 10 nitrogen and oxygen atoms in total. The molecular weight excluding hydrogens is 588 g/mol. The lowest BCUT2D eigenvalue weighted by molar-refractivity contribution is -0.226. The van der Waals surface area contributed by atoms with Crippen LogP contribution in [0.15, 0.2) is 72.8 Å². The fourth-order valence-corrected chi connectivity index (χ4v) is 6.14. The lowest BCUT2D eigenvalue weighted by atomic mass is 9.72. The lowest BCUT2D eigenvalue weighted by Gasteiger charge is -2.46. The van der Waals surface area contributed by atoms with Crippen molar-refractivity contribution in [2.45, 2.75) is 70.3 Å². The number of aliphatic carboxylic acids is 2. The number of aryl methyl sites for hydroxylation is 2. The van der Waals surface area contributed by atoms with Crippen LogP contribution in [0.4, 0.5) is 5.69 Å². The van der Waals surface area contributed by atoms with E-state index in [4.69, 9.17) is 10.5 Å². The smallest absolute Gasteiger partial charge is 0.348 e. The molecule has 1 saturated heterocycles. The van der Waals surface area contributed by atoms with E-state index in [1.54, 1.807) is 52.0 Å². The molecular formula is C36H42N2O8. The van der Waals surface area contributed by atoms with E-state index in [0.29, 0.717) is 24.3 Å². The number of carbonyl (C=O) groups is 4. The van der Waals surface area contributed by atoms with E-state index >= 15 is 0 Å². The van der Waals surface area contributed by atoms with Gasteiger partial charge in [0.2, 0.25) is 11.6 Å². The maximum Gasteiger partial charge on any atom is 0.348 e.